The van der Waals surface area contributed by atoms with Gasteiger partial charge in [-0.1, -0.05) is 187 Å². The van der Waals surface area contributed by atoms with Gasteiger partial charge in [0, 0.05) is 19.3 Å². The highest BCUT2D eigenvalue weighted by Gasteiger charge is 2.28. The van der Waals surface area contributed by atoms with Crippen LogP contribution in [0.15, 0.2) is 134 Å². The van der Waals surface area contributed by atoms with E-state index in [2.05, 4.69) is 154 Å². The number of aliphatic hydroxyl groups is 1. The molecule has 3 atom stereocenters. The Bertz CT molecular complexity index is 1750. The first-order chi connectivity index (χ1) is 36.2. The van der Waals surface area contributed by atoms with Crippen LogP contribution in [0.25, 0.3) is 0 Å². The highest BCUT2D eigenvalue weighted by molar-refractivity contribution is 7.47. The Morgan fingerprint density at radius 3 is 1.12 bits per heavy atom. The minimum atomic E-state index is -4.78. The predicted octanol–water partition coefficient (Wildman–Crippen LogP) is 16.6. The van der Waals surface area contributed by atoms with Crippen LogP contribution < -0.4 is 0 Å². The number of phosphoric acid groups is 1. The van der Waals surface area contributed by atoms with Crippen molar-refractivity contribution in [2.45, 2.75) is 213 Å². The van der Waals surface area contributed by atoms with E-state index >= 15 is 0 Å². The highest BCUT2D eigenvalue weighted by atomic mass is 31.2. The van der Waals surface area contributed by atoms with Crippen LogP contribution in [0, 0.1) is 0 Å². The summed E-state index contributed by atoms with van der Waals surface area (Å²) in [6.45, 7) is 4.22. The molecule has 2 N–H and O–H groups in total. The molecule has 0 aliphatic carbocycles. The van der Waals surface area contributed by atoms with Crippen LogP contribution in [0.4, 0.5) is 0 Å². The zero-order valence-electron chi connectivity index (χ0n) is 46.0. The molecule has 0 saturated carbocycles. The Hall–Kier alpha value is -4.38. The van der Waals surface area contributed by atoms with Gasteiger partial charge in [-0.3, -0.25) is 23.4 Å². The van der Waals surface area contributed by atoms with Gasteiger partial charge in [-0.25, -0.2) is 4.57 Å². The maximum atomic E-state index is 12.9. The van der Waals surface area contributed by atoms with E-state index in [-0.39, 0.29) is 25.9 Å². The zero-order valence-corrected chi connectivity index (χ0v) is 46.9. The SMILES string of the molecule is CC/C=C\C/C=C\C/C=C\C/C=C\C/C=C\CCCCCC(=O)OC(COC(=O)CCCCCCC/C=C\C/C=C\CCC)COP(=O)(O)OCC(CO)OC(=O)CCCC/C=C\C/C=C\C/C=C\C/C=C\CC. The molecule has 11 nitrogen and oxygen atoms in total. The third-order valence-electron chi connectivity index (χ3n) is 11.0. The molecule has 0 aromatic carbocycles. The summed E-state index contributed by atoms with van der Waals surface area (Å²) in [6, 6.07) is 0. The van der Waals surface area contributed by atoms with Gasteiger partial charge in [-0.2, -0.15) is 0 Å². The van der Waals surface area contributed by atoms with E-state index in [9.17, 15) is 28.9 Å². The number of unbranched alkanes of at least 4 members (excludes halogenated alkanes) is 11. The van der Waals surface area contributed by atoms with Crippen molar-refractivity contribution in [1.82, 2.24) is 0 Å². The first kappa shape index (κ1) is 69.6. The molecular weight excluding hydrogens is 952 g/mol. The van der Waals surface area contributed by atoms with Gasteiger partial charge in [-0.05, 0) is 128 Å². The number of carbonyl (C=O) groups excluding carboxylic acids is 3. The third-order valence-corrected chi connectivity index (χ3v) is 12.0. The van der Waals surface area contributed by atoms with Gasteiger partial charge in [0.25, 0.3) is 0 Å². The van der Waals surface area contributed by atoms with Crippen LogP contribution in [-0.4, -0.2) is 66.5 Å². The molecule has 0 amide bonds. The molecule has 0 heterocycles. The van der Waals surface area contributed by atoms with E-state index < -0.39 is 57.8 Å². The van der Waals surface area contributed by atoms with E-state index in [0.29, 0.717) is 19.3 Å². The molecule has 12 heteroatoms. The summed E-state index contributed by atoms with van der Waals surface area (Å²) >= 11 is 0. The molecule has 0 saturated heterocycles. The van der Waals surface area contributed by atoms with E-state index in [0.717, 1.165) is 141 Å². The second-order valence-electron chi connectivity index (χ2n) is 18.0. The molecule has 0 aromatic rings. The standard InChI is InChI=1S/C62H99O11P/c1-4-7-10-13-16-19-22-25-27-28-29-30-32-35-38-41-44-47-50-53-62(66)73-59(55-69-60(64)51-48-45-42-39-36-33-24-21-18-15-12-9-6-3)57-71-74(67,68)70-56-58(54-63)72-61(65)52-49-46-43-40-37-34-31-26-23-20-17-14-11-8-5-2/h7-8,10-12,15-17,19-21,24-27,29-31,35,37-38,40,58-59,63H,4-6,9,13-14,18,22-23,28,32-34,36,39,41-57H2,1-3H3,(H,67,68)/b10-7-,11-8-,15-12-,19-16-,20-17-,24-21-,27-25-,30-29-,31-26-,38-35-,40-37-. The Labute approximate surface area is 449 Å². The molecule has 74 heavy (non-hydrogen) atoms. The molecule has 0 radical (unpaired) electrons. The van der Waals surface area contributed by atoms with Crippen molar-refractivity contribution in [3.05, 3.63) is 134 Å². The predicted molar refractivity (Wildman–Crippen MR) is 306 cm³/mol. The van der Waals surface area contributed by atoms with Gasteiger partial charge in [-0.15, -0.1) is 0 Å². The number of allylic oxidation sites excluding steroid dienone is 22. The lowest BCUT2D eigenvalue weighted by molar-refractivity contribution is -0.161. The number of esters is 3. The fraction of sp³-hybridized carbons (Fsp3) is 0.597. The lowest BCUT2D eigenvalue weighted by Gasteiger charge is -2.21. The van der Waals surface area contributed by atoms with Crippen molar-refractivity contribution in [1.29, 1.82) is 0 Å². The molecule has 0 aliphatic rings. The summed E-state index contributed by atoms with van der Waals surface area (Å²) in [6.07, 6.45) is 68.4. The Morgan fingerprint density at radius 1 is 0.392 bits per heavy atom. The van der Waals surface area contributed by atoms with Gasteiger partial charge in [0.2, 0.25) is 0 Å². The summed E-state index contributed by atoms with van der Waals surface area (Å²) in [5.41, 5.74) is 0. The van der Waals surface area contributed by atoms with Gasteiger partial charge in [0.05, 0.1) is 19.8 Å². The quantitative estimate of drug-likeness (QED) is 0.0197. The maximum absolute atomic E-state index is 12.9. The zero-order chi connectivity index (χ0) is 54.1. The minimum Gasteiger partial charge on any atom is -0.462 e. The lowest BCUT2D eigenvalue weighted by Crippen LogP contribution is -2.30. The topological polar surface area (TPSA) is 155 Å². The summed E-state index contributed by atoms with van der Waals surface area (Å²) in [7, 11) is -4.78. The van der Waals surface area contributed by atoms with Gasteiger partial charge in [0.15, 0.2) is 6.10 Å². The molecule has 0 bridgehead atoms. The number of aliphatic hydroxyl groups excluding tert-OH is 1. The highest BCUT2D eigenvalue weighted by Crippen LogP contribution is 2.43. The van der Waals surface area contributed by atoms with Crippen LogP contribution >= 0.6 is 7.82 Å². The van der Waals surface area contributed by atoms with Crippen molar-refractivity contribution in [3.8, 4) is 0 Å². The Kier molecular flexibility index (Phi) is 51.6. The average Bonchev–Trinajstić information content (AvgIpc) is 3.39. The number of hydrogen-bond acceptors (Lipinski definition) is 10. The van der Waals surface area contributed by atoms with Crippen LogP contribution in [0.1, 0.15) is 201 Å². The largest absolute Gasteiger partial charge is 0.472 e. The van der Waals surface area contributed by atoms with Crippen molar-refractivity contribution in [2.24, 2.45) is 0 Å². The van der Waals surface area contributed by atoms with E-state index in [1.807, 2.05) is 0 Å². The van der Waals surface area contributed by atoms with E-state index in [1.165, 1.54) is 0 Å². The van der Waals surface area contributed by atoms with Crippen LogP contribution in [0.2, 0.25) is 0 Å². The number of rotatable bonds is 50. The molecule has 0 spiro atoms. The first-order valence-electron chi connectivity index (χ1n) is 28.1. The van der Waals surface area contributed by atoms with Crippen LogP contribution in [0.5, 0.6) is 0 Å². The normalized spacial score (nSPS) is 14.4. The monoisotopic (exact) mass is 1050 g/mol. The Balaban J connectivity index is 4.86. The lowest BCUT2D eigenvalue weighted by atomic mass is 10.1. The molecule has 0 rings (SSSR count). The summed E-state index contributed by atoms with van der Waals surface area (Å²) < 4.78 is 39.4. The smallest absolute Gasteiger partial charge is 0.462 e. The minimum absolute atomic E-state index is 0.114. The van der Waals surface area contributed by atoms with E-state index in [4.69, 9.17) is 23.3 Å². The van der Waals surface area contributed by atoms with Crippen LogP contribution in [-0.2, 0) is 42.2 Å². The van der Waals surface area contributed by atoms with Crippen molar-refractivity contribution in [3.63, 3.8) is 0 Å². The van der Waals surface area contributed by atoms with Gasteiger partial charge in [0.1, 0.15) is 12.7 Å². The Morgan fingerprint density at radius 2 is 0.703 bits per heavy atom. The fourth-order valence-electron chi connectivity index (χ4n) is 6.82. The van der Waals surface area contributed by atoms with Crippen molar-refractivity contribution in [2.75, 3.05) is 26.4 Å². The van der Waals surface area contributed by atoms with Gasteiger partial charge >= 0.3 is 25.7 Å². The molecular formula is C62H99O11P. The summed E-state index contributed by atoms with van der Waals surface area (Å²) in [4.78, 5) is 48.5. The number of hydrogen-bond donors (Lipinski definition) is 2. The fourth-order valence-corrected chi connectivity index (χ4v) is 7.60. The molecule has 0 aliphatic heterocycles. The molecule has 0 fully saturated rings. The molecule has 0 aromatic heterocycles. The average molecular weight is 1050 g/mol. The second-order valence-corrected chi connectivity index (χ2v) is 19.4. The van der Waals surface area contributed by atoms with Crippen molar-refractivity contribution >= 4 is 25.7 Å². The number of carbonyl (C=O) groups is 3. The number of ether oxygens (including phenoxy) is 3. The third kappa shape index (κ3) is 52.5. The van der Waals surface area contributed by atoms with Gasteiger partial charge < -0.3 is 24.2 Å². The van der Waals surface area contributed by atoms with E-state index in [1.54, 1.807) is 0 Å². The second kappa shape index (κ2) is 54.9. The summed E-state index contributed by atoms with van der Waals surface area (Å²) in [5.74, 6) is -1.58. The molecule has 418 valence electrons. The first-order valence-corrected chi connectivity index (χ1v) is 29.6. The number of phosphoric ester groups is 1. The summed E-state index contributed by atoms with van der Waals surface area (Å²) in [5, 5.41) is 9.80. The van der Waals surface area contributed by atoms with Crippen molar-refractivity contribution < 1.29 is 52.2 Å². The van der Waals surface area contributed by atoms with Crippen LogP contribution in [0.3, 0.4) is 0 Å². The maximum Gasteiger partial charge on any atom is 0.472 e. The molecule has 3 unspecified atom stereocenters.